The molecule has 0 aliphatic heterocycles. The Kier molecular flexibility index (Phi) is 4.30. The van der Waals surface area contributed by atoms with Gasteiger partial charge in [0.25, 0.3) is 0 Å². The predicted octanol–water partition coefficient (Wildman–Crippen LogP) is 2.34. The topological polar surface area (TPSA) is 72.3 Å². The molecular formula is C15H16N2O3. The second kappa shape index (κ2) is 6.14. The van der Waals surface area contributed by atoms with Crippen LogP contribution in [0.2, 0.25) is 0 Å². The molecule has 0 saturated carbocycles. The zero-order valence-corrected chi connectivity index (χ0v) is 11.5. The van der Waals surface area contributed by atoms with Crippen molar-refractivity contribution in [1.29, 1.82) is 0 Å². The summed E-state index contributed by atoms with van der Waals surface area (Å²) >= 11 is 0. The van der Waals surface area contributed by atoms with E-state index in [1.807, 2.05) is 25.1 Å². The lowest BCUT2D eigenvalue weighted by Gasteiger charge is -2.11. The van der Waals surface area contributed by atoms with Gasteiger partial charge in [0.1, 0.15) is 12.1 Å². The van der Waals surface area contributed by atoms with E-state index in [0.29, 0.717) is 11.3 Å². The molecule has 1 aromatic carbocycles. The van der Waals surface area contributed by atoms with Gasteiger partial charge in [0.15, 0.2) is 0 Å². The van der Waals surface area contributed by atoms with Crippen LogP contribution >= 0.6 is 0 Å². The summed E-state index contributed by atoms with van der Waals surface area (Å²) in [6.07, 6.45) is 3.71. The average molecular weight is 272 g/mol. The molecule has 0 fully saturated rings. The van der Waals surface area contributed by atoms with Crippen molar-refractivity contribution in [3.8, 4) is 17.0 Å². The van der Waals surface area contributed by atoms with E-state index < -0.39 is 5.97 Å². The third-order valence-corrected chi connectivity index (χ3v) is 3.06. The maximum absolute atomic E-state index is 10.9. The maximum atomic E-state index is 10.9. The molecular weight excluding hydrogens is 256 g/mol. The third-order valence-electron chi connectivity index (χ3n) is 3.06. The number of carboxylic acid groups (broad SMARTS) is 1. The molecule has 2 rings (SSSR count). The van der Waals surface area contributed by atoms with Crippen molar-refractivity contribution in [2.45, 2.75) is 19.8 Å². The molecule has 1 heterocycles. The lowest BCUT2D eigenvalue weighted by molar-refractivity contribution is -0.136. The molecule has 0 aliphatic carbocycles. The first-order valence-electron chi connectivity index (χ1n) is 6.33. The van der Waals surface area contributed by atoms with Gasteiger partial charge in [0, 0.05) is 17.3 Å². The van der Waals surface area contributed by atoms with Crippen LogP contribution in [0.3, 0.4) is 0 Å². The first kappa shape index (κ1) is 14.0. The number of aryl methyl sites for hydroxylation is 1. The number of nitrogens with zero attached hydrogens (tertiary/aromatic N) is 2. The summed E-state index contributed by atoms with van der Waals surface area (Å²) in [5.41, 5.74) is 3.19. The van der Waals surface area contributed by atoms with Gasteiger partial charge in [0.05, 0.1) is 19.2 Å². The van der Waals surface area contributed by atoms with Gasteiger partial charge < -0.3 is 9.84 Å². The first-order chi connectivity index (χ1) is 9.65. The highest BCUT2D eigenvalue weighted by Crippen LogP contribution is 2.27. The van der Waals surface area contributed by atoms with Crippen molar-refractivity contribution >= 4 is 5.97 Å². The second-order valence-corrected chi connectivity index (χ2v) is 4.35. The summed E-state index contributed by atoms with van der Waals surface area (Å²) in [6.45, 7) is 2.04. The van der Waals surface area contributed by atoms with Crippen LogP contribution < -0.4 is 4.74 Å². The van der Waals surface area contributed by atoms with E-state index >= 15 is 0 Å². The highest BCUT2D eigenvalue weighted by atomic mass is 16.5. The monoisotopic (exact) mass is 272 g/mol. The van der Waals surface area contributed by atoms with Gasteiger partial charge in [-0.2, -0.15) is 0 Å². The van der Waals surface area contributed by atoms with Gasteiger partial charge in [-0.3, -0.25) is 4.79 Å². The number of methoxy groups -OCH3 is 1. The average Bonchev–Trinajstić information content (AvgIpc) is 2.46. The molecule has 0 bridgehead atoms. The Morgan fingerprint density at radius 1 is 1.35 bits per heavy atom. The Morgan fingerprint density at radius 2 is 2.15 bits per heavy atom. The molecule has 104 valence electrons. The highest BCUT2D eigenvalue weighted by molar-refractivity contribution is 5.75. The summed E-state index contributed by atoms with van der Waals surface area (Å²) in [4.78, 5) is 19.0. The molecule has 5 nitrogen and oxygen atoms in total. The van der Waals surface area contributed by atoms with Crippen LogP contribution in [0.4, 0.5) is 0 Å². The zero-order chi connectivity index (χ0) is 14.5. The van der Waals surface area contributed by atoms with Crippen molar-refractivity contribution < 1.29 is 14.6 Å². The van der Waals surface area contributed by atoms with E-state index in [1.165, 1.54) is 6.33 Å². The summed E-state index contributed by atoms with van der Waals surface area (Å²) in [5, 5.41) is 8.95. The molecule has 1 aromatic heterocycles. The molecule has 5 heteroatoms. The van der Waals surface area contributed by atoms with E-state index in [1.54, 1.807) is 13.3 Å². The number of hydrogen-bond donors (Lipinski definition) is 1. The van der Waals surface area contributed by atoms with E-state index in [4.69, 9.17) is 9.84 Å². The van der Waals surface area contributed by atoms with Gasteiger partial charge >= 0.3 is 5.97 Å². The SMILES string of the molecule is CCc1cc(-c2ncncc2CC(=O)O)ccc1OC. The van der Waals surface area contributed by atoms with Gasteiger partial charge in [0.2, 0.25) is 0 Å². The van der Waals surface area contributed by atoms with Crippen molar-refractivity contribution in [3.63, 3.8) is 0 Å². The van der Waals surface area contributed by atoms with Crippen LogP contribution in [0, 0.1) is 0 Å². The fraction of sp³-hybridized carbons (Fsp3) is 0.267. The van der Waals surface area contributed by atoms with Crippen molar-refractivity contribution in [3.05, 3.63) is 41.9 Å². The minimum Gasteiger partial charge on any atom is -0.496 e. The number of carboxylic acids is 1. The number of benzene rings is 1. The van der Waals surface area contributed by atoms with Gasteiger partial charge in [-0.1, -0.05) is 6.92 Å². The standard InChI is InChI=1S/C15H16N2O3/c1-3-10-6-11(4-5-13(10)20-2)15-12(7-14(18)19)8-16-9-17-15/h4-6,8-9H,3,7H2,1-2H3,(H,18,19). The molecule has 0 atom stereocenters. The minimum atomic E-state index is -0.898. The normalized spacial score (nSPS) is 10.3. The lowest BCUT2D eigenvalue weighted by Crippen LogP contribution is -2.04. The molecule has 2 aromatic rings. The van der Waals surface area contributed by atoms with Gasteiger partial charge in [-0.15, -0.1) is 0 Å². The molecule has 0 spiro atoms. The molecule has 0 unspecified atom stereocenters. The fourth-order valence-electron chi connectivity index (χ4n) is 2.11. The molecule has 20 heavy (non-hydrogen) atoms. The van der Waals surface area contributed by atoms with Crippen molar-refractivity contribution in [2.75, 3.05) is 7.11 Å². The van der Waals surface area contributed by atoms with E-state index in [-0.39, 0.29) is 6.42 Å². The van der Waals surface area contributed by atoms with Crippen LogP contribution in [0.1, 0.15) is 18.1 Å². The van der Waals surface area contributed by atoms with Crippen LogP contribution in [0.15, 0.2) is 30.7 Å². The quantitative estimate of drug-likeness (QED) is 0.904. The number of rotatable bonds is 5. The largest absolute Gasteiger partial charge is 0.496 e. The van der Waals surface area contributed by atoms with Crippen molar-refractivity contribution in [2.24, 2.45) is 0 Å². The van der Waals surface area contributed by atoms with E-state index in [2.05, 4.69) is 9.97 Å². The first-order valence-corrected chi connectivity index (χ1v) is 6.33. The summed E-state index contributed by atoms with van der Waals surface area (Å²) in [5.74, 6) is -0.0737. The predicted molar refractivity (Wildman–Crippen MR) is 74.7 cm³/mol. The smallest absolute Gasteiger partial charge is 0.307 e. The number of hydrogen-bond acceptors (Lipinski definition) is 4. The van der Waals surface area contributed by atoms with Crippen molar-refractivity contribution in [1.82, 2.24) is 9.97 Å². The molecule has 0 amide bonds. The van der Waals surface area contributed by atoms with Crippen LogP contribution in [0.25, 0.3) is 11.3 Å². The third kappa shape index (κ3) is 2.93. The Bertz CT molecular complexity index is 626. The number of carbonyl (C=O) groups is 1. The summed E-state index contributed by atoms with van der Waals surface area (Å²) in [7, 11) is 1.63. The molecule has 0 saturated heterocycles. The van der Waals surface area contributed by atoms with Gasteiger partial charge in [-0.25, -0.2) is 9.97 Å². The molecule has 0 radical (unpaired) electrons. The van der Waals surface area contributed by atoms with E-state index in [0.717, 1.165) is 23.3 Å². The Labute approximate surface area is 117 Å². The number of ether oxygens (including phenoxy) is 1. The second-order valence-electron chi connectivity index (χ2n) is 4.35. The molecule has 0 aliphatic rings. The Balaban J connectivity index is 2.48. The zero-order valence-electron chi connectivity index (χ0n) is 11.5. The fourth-order valence-corrected chi connectivity index (χ4v) is 2.11. The number of aromatic nitrogens is 2. The summed E-state index contributed by atoms with van der Waals surface area (Å²) < 4.78 is 5.30. The lowest BCUT2D eigenvalue weighted by atomic mass is 10.0. The summed E-state index contributed by atoms with van der Waals surface area (Å²) in [6, 6.07) is 5.74. The highest BCUT2D eigenvalue weighted by Gasteiger charge is 2.12. The maximum Gasteiger partial charge on any atom is 0.307 e. The van der Waals surface area contributed by atoms with Crippen LogP contribution in [-0.4, -0.2) is 28.2 Å². The Hall–Kier alpha value is -2.43. The van der Waals surface area contributed by atoms with Gasteiger partial charge in [-0.05, 0) is 30.2 Å². The van der Waals surface area contributed by atoms with Crippen LogP contribution in [-0.2, 0) is 17.6 Å². The Morgan fingerprint density at radius 3 is 2.80 bits per heavy atom. The van der Waals surface area contributed by atoms with Crippen LogP contribution in [0.5, 0.6) is 5.75 Å². The van der Waals surface area contributed by atoms with E-state index in [9.17, 15) is 4.79 Å². The number of aliphatic carboxylic acids is 1. The molecule has 1 N–H and O–H groups in total. The minimum absolute atomic E-state index is 0.0936.